The molecular formula is C14H22N4O4. The molecule has 22 heavy (non-hydrogen) atoms. The van der Waals surface area contributed by atoms with Crippen LogP contribution in [-0.4, -0.2) is 50.7 Å². The Kier molecular flexibility index (Phi) is 5.12. The van der Waals surface area contributed by atoms with Crippen LogP contribution in [0.15, 0.2) is 4.52 Å². The van der Waals surface area contributed by atoms with Gasteiger partial charge < -0.3 is 19.8 Å². The number of aliphatic carboxylic acids is 1. The van der Waals surface area contributed by atoms with Gasteiger partial charge in [0.1, 0.15) is 0 Å². The van der Waals surface area contributed by atoms with E-state index in [1.807, 2.05) is 18.7 Å². The van der Waals surface area contributed by atoms with E-state index >= 15 is 0 Å². The minimum absolute atomic E-state index is 0.188. The van der Waals surface area contributed by atoms with Gasteiger partial charge in [0.15, 0.2) is 5.82 Å². The minimum Gasteiger partial charge on any atom is -0.481 e. The normalized spacial score (nSPS) is 23.5. The lowest BCUT2D eigenvalue weighted by atomic mass is 10.1. The summed E-state index contributed by atoms with van der Waals surface area (Å²) in [4.78, 5) is 27.2. The zero-order chi connectivity index (χ0) is 16.3. The standard InChI is InChI=1S/C12H18N4O2.C2H4O2/c1-7(2)12-14-10(15-18-12)6-16-9-3-4-13-8(9)5-11(16)17;1-2(3)4/h7-9,13H,3-6H2,1-2H3;1H3,(H,3,4)/t8-,9-;/m1./s1. The fourth-order valence-electron chi connectivity index (χ4n) is 2.75. The Morgan fingerprint density at radius 2 is 2.23 bits per heavy atom. The predicted molar refractivity (Wildman–Crippen MR) is 77.1 cm³/mol. The van der Waals surface area contributed by atoms with E-state index in [9.17, 15) is 4.79 Å². The topological polar surface area (TPSA) is 109 Å². The largest absolute Gasteiger partial charge is 0.481 e. The van der Waals surface area contributed by atoms with Crippen molar-refractivity contribution in [3.8, 4) is 0 Å². The molecule has 3 rings (SSSR count). The van der Waals surface area contributed by atoms with E-state index in [2.05, 4.69) is 15.5 Å². The molecule has 2 aliphatic rings. The summed E-state index contributed by atoms with van der Waals surface area (Å²) < 4.78 is 5.17. The van der Waals surface area contributed by atoms with E-state index in [0.29, 0.717) is 36.8 Å². The molecule has 0 saturated carbocycles. The molecule has 2 fully saturated rings. The number of carboxylic acids is 1. The van der Waals surface area contributed by atoms with Crippen molar-refractivity contribution >= 4 is 11.9 Å². The van der Waals surface area contributed by atoms with Crippen molar-refractivity contribution in [2.24, 2.45) is 0 Å². The summed E-state index contributed by atoms with van der Waals surface area (Å²) in [6, 6.07) is 0.618. The van der Waals surface area contributed by atoms with Crippen molar-refractivity contribution in [3.63, 3.8) is 0 Å². The summed E-state index contributed by atoms with van der Waals surface area (Å²) in [5.41, 5.74) is 0. The molecule has 2 saturated heterocycles. The molecule has 0 radical (unpaired) electrons. The third kappa shape index (κ3) is 3.82. The number of nitrogens with zero attached hydrogens (tertiary/aromatic N) is 3. The van der Waals surface area contributed by atoms with E-state index in [-0.39, 0.29) is 11.8 Å². The Balaban J connectivity index is 0.000000396. The number of carboxylic acid groups (broad SMARTS) is 1. The van der Waals surface area contributed by atoms with Crippen LogP contribution in [0.5, 0.6) is 0 Å². The highest BCUT2D eigenvalue weighted by atomic mass is 16.5. The maximum absolute atomic E-state index is 11.9. The summed E-state index contributed by atoms with van der Waals surface area (Å²) in [6.45, 7) is 6.56. The molecule has 8 nitrogen and oxygen atoms in total. The zero-order valence-corrected chi connectivity index (χ0v) is 13.1. The summed E-state index contributed by atoms with van der Waals surface area (Å²) >= 11 is 0. The van der Waals surface area contributed by atoms with Crippen molar-refractivity contribution < 1.29 is 19.2 Å². The van der Waals surface area contributed by atoms with Crippen LogP contribution in [0.3, 0.4) is 0 Å². The summed E-state index contributed by atoms with van der Waals surface area (Å²) in [5.74, 6) is 0.826. The van der Waals surface area contributed by atoms with Gasteiger partial charge in [-0.15, -0.1) is 0 Å². The maximum Gasteiger partial charge on any atom is 0.300 e. The van der Waals surface area contributed by atoms with E-state index in [1.54, 1.807) is 0 Å². The lowest BCUT2D eigenvalue weighted by Crippen LogP contribution is -2.35. The molecule has 122 valence electrons. The highest BCUT2D eigenvalue weighted by molar-refractivity contribution is 5.80. The molecule has 1 amide bonds. The van der Waals surface area contributed by atoms with Gasteiger partial charge in [-0.1, -0.05) is 19.0 Å². The average molecular weight is 310 g/mol. The molecule has 0 spiro atoms. The lowest BCUT2D eigenvalue weighted by molar-refractivity contribution is -0.134. The number of amides is 1. The molecule has 0 aliphatic carbocycles. The van der Waals surface area contributed by atoms with Crippen LogP contribution in [-0.2, 0) is 16.1 Å². The molecule has 3 heterocycles. The second-order valence-corrected chi connectivity index (χ2v) is 5.86. The second kappa shape index (κ2) is 6.87. The molecule has 0 bridgehead atoms. The number of nitrogens with one attached hydrogen (secondary N) is 1. The van der Waals surface area contributed by atoms with Crippen LogP contribution in [0.4, 0.5) is 0 Å². The number of carbonyl (C=O) groups is 2. The van der Waals surface area contributed by atoms with Gasteiger partial charge >= 0.3 is 0 Å². The van der Waals surface area contributed by atoms with Crippen LogP contribution in [0.25, 0.3) is 0 Å². The van der Waals surface area contributed by atoms with Crippen LogP contribution >= 0.6 is 0 Å². The smallest absolute Gasteiger partial charge is 0.300 e. The predicted octanol–water partition coefficient (Wildman–Crippen LogP) is 0.747. The molecule has 8 heteroatoms. The first-order chi connectivity index (χ1) is 10.4. The fourth-order valence-corrected chi connectivity index (χ4v) is 2.75. The minimum atomic E-state index is -0.833. The van der Waals surface area contributed by atoms with Crippen molar-refractivity contribution in [2.45, 2.75) is 58.2 Å². The van der Waals surface area contributed by atoms with Crippen LogP contribution in [0.1, 0.15) is 51.2 Å². The van der Waals surface area contributed by atoms with E-state index < -0.39 is 5.97 Å². The number of rotatable bonds is 3. The SMILES string of the molecule is CC(=O)O.CC(C)c1nc(CN2C(=O)C[C@H]3NCC[C@H]32)no1. The third-order valence-corrected chi connectivity index (χ3v) is 3.72. The molecule has 0 aromatic carbocycles. The first-order valence-corrected chi connectivity index (χ1v) is 7.43. The van der Waals surface area contributed by atoms with Crippen molar-refractivity contribution in [1.29, 1.82) is 0 Å². The molecule has 2 atom stereocenters. The quantitative estimate of drug-likeness (QED) is 0.847. The van der Waals surface area contributed by atoms with Crippen LogP contribution < -0.4 is 5.32 Å². The van der Waals surface area contributed by atoms with Gasteiger partial charge in [-0.2, -0.15) is 4.98 Å². The molecule has 1 aromatic rings. The second-order valence-electron chi connectivity index (χ2n) is 5.86. The zero-order valence-electron chi connectivity index (χ0n) is 13.1. The van der Waals surface area contributed by atoms with Crippen molar-refractivity contribution in [1.82, 2.24) is 20.4 Å². The van der Waals surface area contributed by atoms with E-state index in [1.165, 1.54) is 0 Å². The number of carbonyl (C=O) groups excluding carboxylic acids is 1. The van der Waals surface area contributed by atoms with Crippen molar-refractivity contribution in [3.05, 3.63) is 11.7 Å². The van der Waals surface area contributed by atoms with Gasteiger partial charge in [0.05, 0.1) is 6.54 Å². The first kappa shape index (κ1) is 16.4. The number of aromatic nitrogens is 2. The average Bonchev–Trinajstić information content (AvgIpc) is 3.08. The van der Waals surface area contributed by atoms with E-state index in [4.69, 9.17) is 14.4 Å². The Labute approximate surface area is 128 Å². The highest BCUT2D eigenvalue weighted by Crippen LogP contribution is 2.27. The highest BCUT2D eigenvalue weighted by Gasteiger charge is 2.42. The van der Waals surface area contributed by atoms with Gasteiger partial charge in [0.25, 0.3) is 5.97 Å². The van der Waals surface area contributed by atoms with Crippen molar-refractivity contribution in [2.75, 3.05) is 6.54 Å². The molecular weight excluding hydrogens is 288 g/mol. The number of hydrogen-bond acceptors (Lipinski definition) is 6. The molecule has 1 aromatic heterocycles. The van der Waals surface area contributed by atoms with Gasteiger partial charge in [0, 0.05) is 31.3 Å². The van der Waals surface area contributed by atoms with Gasteiger partial charge in [-0.25, -0.2) is 0 Å². The first-order valence-electron chi connectivity index (χ1n) is 7.43. The molecule has 0 unspecified atom stereocenters. The summed E-state index contributed by atoms with van der Waals surface area (Å²) in [5, 5.41) is 14.7. The number of hydrogen-bond donors (Lipinski definition) is 2. The summed E-state index contributed by atoms with van der Waals surface area (Å²) in [7, 11) is 0. The molecule has 2 N–H and O–H groups in total. The van der Waals surface area contributed by atoms with Crippen LogP contribution in [0.2, 0.25) is 0 Å². The fraction of sp³-hybridized carbons (Fsp3) is 0.714. The number of fused-ring (bicyclic) bond motifs is 1. The molecule has 2 aliphatic heterocycles. The van der Waals surface area contributed by atoms with Gasteiger partial charge in [-0.3, -0.25) is 9.59 Å². The Bertz CT molecular complexity index is 539. The van der Waals surface area contributed by atoms with Crippen LogP contribution in [0, 0.1) is 0 Å². The lowest BCUT2D eigenvalue weighted by Gasteiger charge is -2.21. The Morgan fingerprint density at radius 3 is 2.82 bits per heavy atom. The van der Waals surface area contributed by atoms with E-state index in [0.717, 1.165) is 19.9 Å². The monoisotopic (exact) mass is 310 g/mol. The Morgan fingerprint density at radius 1 is 1.55 bits per heavy atom. The summed E-state index contributed by atoms with van der Waals surface area (Å²) in [6.07, 6.45) is 1.62. The maximum atomic E-state index is 11.9. The third-order valence-electron chi connectivity index (χ3n) is 3.72. The number of likely N-dealkylation sites (tertiary alicyclic amines) is 1. The Hall–Kier alpha value is -1.96. The van der Waals surface area contributed by atoms with Gasteiger partial charge in [0.2, 0.25) is 11.8 Å². The van der Waals surface area contributed by atoms with Gasteiger partial charge in [-0.05, 0) is 13.0 Å².